The highest BCUT2D eigenvalue weighted by molar-refractivity contribution is 7.93. The number of fused-ring (bicyclic) bond motifs is 1. The van der Waals surface area contributed by atoms with Crippen LogP contribution in [0.5, 0.6) is 0 Å². The molecule has 1 aromatic heterocycles. The highest BCUT2D eigenvalue weighted by Crippen LogP contribution is 2.30. The molecule has 0 amide bonds. The fourth-order valence-electron chi connectivity index (χ4n) is 1.49. The van der Waals surface area contributed by atoms with Gasteiger partial charge in [0.05, 0.1) is 4.90 Å². The van der Waals surface area contributed by atoms with Gasteiger partial charge in [-0.1, -0.05) is 0 Å². The highest BCUT2D eigenvalue weighted by atomic mass is 35.5. The fraction of sp³-hybridized carbons (Fsp3) is 0.286. The molecule has 0 spiro atoms. The molecule has 1 aliphatic rings. The zero-order chi connectivity index (χ0) is 9.64. The average Bonchev–Trinajstić information content (AvgIpc) is 2.52. The second-order valence-corrected chi connectivity index (χ2v) is 5.02. The summed E-state index contributed by atoms with van der Waals surface area (Å²) >= 11 is 0. The molecule has 78 valence electrons. The Hall–Kier alpha value is -1.01. The first-order chi connectivity index (χ1) is 6.03. The van der Waals surface area contributed by atoms with Crippen LogP contribution in [0.1, 0.15) is 5.56 Å². The fourth-order valence-corrected chi connectivity index (χ4v) is 3.20. The number of hydrogen-bond acceptors (Lipinski definition) is 3. The van der Waals surface area contributed by atoms with Gasteiger partial charge in [0, 0.05) is 18.8 Å². The minimum atomic E-state index is -3.63. The van der Waals surface area contributed by atoms with Crippen LogP contribution < -0.4 is 0 Å². The molecule has 0 bridgehead atoms. The Balaban J connectivity index is 0.000000980. The van der Waals surface area contributed by atoms with Gasteiger partial charge >= 0.3 is 5.97 Å². The van der Waals surface area contributed by atoms with E-state index >= 15 is 0 Å². The molecule has 1 aliphatic heterocycles. The zero-order valence-electron chi connectivity index (χ0n) is 6.93. The summed E-state index contributed by atoms with van der Waals surface area (Å²) in [6, 6.07) is 0. The van der Waals surface area contributed by atoms with Crippen LogP contribution in [0.2, 0.25) is 0 Å². The third-order valence-electron chi connectivity index (χ3n) is 2.15. The Kier molecular flexibility index (Phi) is 2.60. The molecule has 0 saturated carbocycles. The smallest absolute Gasteiger partial charge is 0.322 e. The quantitative estimate of drug-likeness (QED) is 0.732. The number of halogens is 1. The van der Waals surface area contributed by atoms with Crippen molar-refractivity contribution in [3.05, 3.63) is 18.0 Å². The summed E-state index contributed by atoms with van der Waals surface area (Å²) in [4.78, 5) is 13.4. The minimum absolute atomic E-state index is 0. The van der Waals surface area contributed by atoms with Gasteiger partial charge in [-0.15, -0.1) is 12.4 Å². The van der Waals surface area contributed by atoms with Crippen molar-refractivity contribution in [1.29, 1.82) is 0 Å². The maximum absolute atomic E-state index is 11.5. The van der Waals surface area contributed by atoms with E-state index in [1.54, 1.807) is 0 Å². The van der Waals surface area contributed by atoms with E-state index in [9.17, 15) is 13.2 Å². The SMILES string of the molecule is Cl.O=C(O)C1Cc2c[nH]cc2S1(=O)=O. The van der Waals surface area contributed by atoms with E-state index in [0.29, 0.717) is 5.56 Å². The second-order valence-electron chi connectivity index (χ2n) is 2.92. The third kappa shape index (κ3) is 1.31. The van der Waals surface area contributed by atoms with Crippen molar-refractivity contribution >= 4 is 28.2 Å². The van der Waals surface area contributed by atoms with Crippen molar-refractivity contribution in [3.63, 3.8) is 0 Å². The molecule has 5 nitrogen and oxygen atoms in total. The summed E-state index contributed by atoms with van der Waals surface area (Å²) in [5, 5.41) is 7.35. The average molecular weight is 238 g/mol. The lowest BCUT2D eigenvalue weighted by molar-refractivity contribution is -0.136. The van der Waals surface area contributed by atoms with Crippen molar-refractivity contribution in [1.82, 2.24) is 4.98 Å². The Morgan fingerprint density at radius 2 is 2.14 bits per heavy atom. The second kappa shape index (κ2) is 3.29. The van der Waals surface area contributed by atoms with Crippen LogP contribution in [-0.4, -0.2) is 29.7 Å². The number of aliphatic carboxylic acids is 1. The molecular formula is C7H8ClNO4S. The minimum Gasteiger partial charge on any atom is -0.480 e. The zero-order valence-corrected chi connectivity index (χ0v) is 8.56. The number of nitrogens with one attached hydrogen (secondary N) is 1. The van der Waals surface area contributed by atoms with Crippen molar-refractivity contribution in [2.75, 3.05) is 0 Å². The van der Waals surface area contributed by atoms with Gasteiger partial charge in [0.2, 0.25) is 0 Å². The molecule has 1 unspecified atom stereocenters. The summed E-state index contributed by atoms with van der Waals surface area (Å²) in [6.07, 6.45) is 2.92. The topological polar surface area (TPSA) is 87.2 Å². The van der Waals surface area contributed by atoms with Crippen LogP contribution in [0.25, 0.3) is 0 Å². The normalized spacial score (nSPS) is 22.4. The first-order valence-electron chi connectivity index (χ1n) is 3.66. The van der Waals surface area contributed by atoms with Crippen LogP contribution in [0.15, 0.2) is 17.3 Å². The first kappa shape index (κ1) is 11.1. The van der Waals surface area contributed by atoms with Crippen LogP contribution in [0.4, 0.5) is 0 Å². The Morgan fingerprint density at radius 3 is 2.64 bits per heavy atom. The van der Waals surface area contributed by atoms with Crippen molar-refractivity contribution in [2.24, 2.45) is 0 Å². The standard InChI is InChI=1S/C7H7NO4S.ClH/c9-7(10)5-1-4-2-8-3-6(4)13(5,11)12;/h2-3,5,8H,1H2,(H,9,10);1H. The van der Waals surface area contributed by atoms with E-state index < -0.39 is 21.1 Å². The lowest BCUT2D eigenvalue weighted by Gasteiger charge is -2.01. The molecule has 2 heterocycles. The van der Waals surface area contributed by atoms with E-state index in [-0.39, 0.29) is 23.7 Å². The molecular weight excluding hydrogens is 230 g/mol. The number of aromatic nitrogens is 1. The number of H-pyrrole nitrogens is 1. The third-order valence-corrected chi connectivity index (χ3v) is 4.26. The molecule has 1 aromatic rings. The van der Waals surface area contributed by atoms with Gasteiger partial charge in [0.15, 0.2) is 15.1 Å². The molecule has 0 radical (unpaired) electrons. The van der Waals surface area contributed by atoms with Gasteiger partial charge in [0.1, 0.15) is 0 Å². The number of carbonyl (C=O) groups is 1. The number of carboxylic acids is 1. The predicted octanol–water partition coefficient (Wildman–Crippen LogP) is 0.220. The van der Waals surface area contributed by atoms with Crippen molar-refractivity contribution < 1.29 is 18.3 Å². The number of rotatable bonds is 1. The summed E-state index contributed by atoms with van der Waals surface area (Å²) in [7, 11) is -3.63. The first-order valence-corrected chi connectivity index (χ1v) is 5.20. The van der Waals surface area contributed by atoms with Crippen molar-refractivity contribution in [2.45, 2.75) is 16.6 Å². The molecule has 0 saturated heterocycles. The monoisotopic (exact) mass is 237 g/mol. The Bertz CT molecular complexity index is 464. The summed E-state index contributed by atoms with van der Waals surface area (Å²) in [5.41, 5.74) is 0.562. The summed E-state index contributed by atoms with van der Waals surface area (Å²) in [5.74, 6) is -1.28. The molecule has 2 N–H and O–H groups in total. The van der Waals surface area contributed by atoms with Gasteiger partial charge in [-0.2, -0.15) is 0 Å². The molecule has 0 aromatic carbocycles. The van der Waals surface area contributed by atoms with E-state index in [2.05, 4.69) is 4.98 Å². The lowest BCUT2D eigenvalue weighted by atomic mass is 10.2. The van der Waals surface area contributed by atoms with Gasteiger partial charge < -0.3 is 10.1 Å². The van der Waals surface area contributed by atoms with Gasteiger partial charge in [-0.3, -0.25) is 4.79 Å². The summed E-state index contributed by atoms with van der Waals surface area (Å²) < 4.78 is 23.0. The number of sulfone groups is 1. The molecule has 0 aliphatic carbocycles. The molecule has 2 rings (SSSR count). The Labute approximate surface area is 86.5 Å². The maximum atomic E-state index is 11.5. The molecule has 7 heteroatoms. The lowest BCUT2D eigenvalue weighted by Crippen LogP contribution is -2.27. The molecule has 1 atom stereocenters. The molecule has 0 fully saturated rings. The van der Waals surface area contributed by atoms with Crippen LogP contribution >= 0.6 is 12.4 Å². The van der Waals surface area contributed by atoms with E-state index in [1.165, 1.54) is 12.4 Å². The largest absolute Gasteiger partial charge is 0.480 e. The van der Waals surface area contributed by atoms with E-state index in [4.69, 9.17) is 5.11 Å². The van der Waals surface area contributed by atoms with Crippen LogP contribution in [-0.2, 0) is 21.1 Å². The van der Waals surface area contributed by atoms with Crippen molar-refractivity contribution in [3.8, 4) is 0 Å². The Morgan fingerprint density at radius 1 is 1.50 bits per heavy atom. The maximum Gasteiger partial charge on any atom is 0.322 e. The van der Waals surface area contributed by atoms with E-state index in [1.807, 2.05) is 0 Å². The van der Waals surface area contributed by atoms with Gasteiger partial charge in [-0.05, 0) is 5.56 Å². The summed E-state index contributed by atoms with van der Waals surface area (Å²) in [6.45, 7) is 0. The van der Waals surface area contributed by atoms with Gasteiger partial charge in [-0.25, -0.2) is 8.42 Å². The highest BCUT2D eigenvalue weighted by Gasteiger charge is 2.42. The number of hydrogen-bond donors (Lipinski definition) is 2. The van der Waals surface area contributed by atoms with E-state index in [0.717, 1.165) is 0 Å². The van der Waals surface area contributed by atoms with Crippen LogP contribution in [0, 0.1) is 0 Å². The predicted molar refractivity (Wildman–Crippen MR) is 50.4 cm³/mol. The van der Waals surface area contributed by atoms with Crippen LogP contribution in [0.3, 0.4) is 0 Å². The van der Waals surface area contributed by atoms with Gasteiger partial charge in [0.25, 0.3) is 0 Å². The number of aromatic amines is 1. The number of carboxylic acid groups (broad SMARTS) is 1. The molecule has 14 heavy (non-hydrogen) atoms.